The Hall–Kier alpha value is -0.610. The van der Waals surface area contributed by atoms with E-state index >= 15 is 0 Å². The molecule has 0 spiro atoms. The highest BCUT2D eigenvalue weighted by Gasteiger charge is 2.00. The maximum Gasteiger partial charge on any atom is 0.225 e. The summed E-state index contributed by atoms with van der Waals surface area (Å²) in [7, 11) is 0. The standard InChI is InChI=1S/C6H7ClN2OS/c7-2-1-6(10)9-5-3-8-11-4-5/h3-4H,1-2H2,(H,9,10). The molecule has 0 fully saturated rings. The number of nitrogens with zero attached hydrogens (tertiary/aromatic N) is 1. The minimum Gasteiger partial charge on any atom is -0.324 e. The average molecular weight is 191 g/mol. The molecular formula is C6H7ClN2OS. The molecule has 1 N–H and O–H groups in total. The van der Waals surface area contributed by atoms with Crippen molar-refractivity contribution in [2.75, 3.05) is 11.2 Å². The van der Waals surface area contributed by atoms with Crippen molar-refractivity contribution in [3.05, 3.63) is 11.6 Å². The minimum absolute atomic E-state index is 0.0693. The van der Waals surface area contributed by atoms with Crippen LogP contribution in [0.2, 0.25) is 0 Å². The predicted molar refractivity (Wildman–Crippen MR) is 46.1 cm³/mol. The van der Waals surface area contributed by atoms with E-state index in [-0.39, 0.29) is 5.91 Å². The number of alkyl halides is 1. The van der Waals surface area contributed by atoms with E-state index in [4.69, 9.17) is 11.6 Å². The lowest BCUT2D eigenvalue weighted by molar-refractivity contribution is -0.115. The third kappa shape index (κ3) is 2.86. The lowest BCUT2D eigenvalue weighted by atomic mass is 10.4. The van der Waals surface area contributed by atoms with Crippen molar-refractivity contribution in [1.82, 2.24) is 4.37 Å². The highest BCUT2D eigenvalue weighted by Crippen LogP contribution is 2.08. The van der Waals surface area contributed by atoms with Gasteiger partial charge in [-0.15, -0.1) is 11.6 Å². The number of anilines is 1. The van der Waals surface area contributed by atoms with Crippen molar-refractivity contribution in [2.24, 2.45) is 0 Å². The number of amides is 1. The molecule has 0 aliphatic carbocycles. The van der Waals surface area contributed by atoms with E-state index in [2.05, 4.69) is 9.69 Å². The van der Waals surface area contributed by atoms with Gasteiger partial charge >= 0.3 is 0 Å². The molecule has 5 heteroatoms. The normalized spacial score (nSPS) is 9.55. The second kappa shape index (κ2) is 4.31. The Morgan fingerprint density at radius 2 is 2.64 bits per heavy atom. The third-order valence-corrected chi connectivity index (χ3v) is 1.81. The van der Waals surface area contributed by atoms with E-state index in [1.807, 2.05) is 0 Å². The first-order chi connectivity index (χ1) is 5.33. The molecule has 0 bridgehead atoms. The summed E-state index contributed by atoms with van der Waals surface area (Å²) in [5.41, 5.74) is 0.741. The second-order valence-electron chi connectivity index (χ2n) is 1.90. The smallest absolute Gasteiger partial charge is 0.225 e. The van der Waals surface area contributed by atoms with E-state index in [1.165, 1.54) is 11.5 Å². The number of halogens is 1. The van der Waals surface area contributed by atoms with Gasteiger partial charge in [-0.3, -0.25) is 4.79 Å². The number of aromatic nitrogens is 1. The van der Waals surface area contributed by atoms with Crippen LogP contribution in [0.4, 0.5) is 5.69 Å². The molecule has 3 nitrogen and oxygen atoms in total. The lowest BCUT2D eigenvalue weighted by Gasteiger charge is -1.97. The van der Waals surface area contributed by atoms with Crippen LogP contribution >= 0.6 is 23.1 Å². The molecule has 11 heavy (non-hydrogen) atoms. The SMILES string of the molecule is O=C(CCCl)Nc1cnsc1. The second-order valence-corrected chi connectivity index (χ2v) is 2.94. The summed E-state index contributed by atoms with van der Waals surface area (Å²) >= 11 is 6.66. The minimum atomic E-state index is -0.0693. The predicted octanol–water partition coefficient (Wildman–Crippen LogP) is 1.71. The Kier molecular flexibility index (Phi) is 3.32. The monoisotopic (exact) mass is 190 g/mol. The third-order valence-electron chi connectivity index (χ3n) is 1.04. The molecule has 0 saturated carbocycles. The molecule has 1 heterocycles. The molecule has 0 aliphatic rings. The zero-order valence-corrected chi connectivity index (χ0v) is 7.28. The Morgan fingerprint density at radius 1 is 1.82 bits per heavy atom. The van der Waals surface area contributed by atoms with Crippen LogP contribution in [-0.2, 0) is 4.79 Å². The van der Waals surface area contributed by atoms with Crippen LogP contribution in [0.15, 0.2) is 11.6 Å². The molecule has 1 aromatic heterocycles. The Labute approximate surface area is 73.5 Å². The van der Waals surface area contributed by atoms with Gasteiger partial charge in [-0.1, -0.05) is 0 Å². The number of carbonyl (C=O) groups excluding carboxylic acids is 1. The van der Waals surface area contributed by atoms with Crippen molar-refractivity contribution in [2.45, 2.75) is 6.42 Å². The maximum atomic E-state index is 10.9. The van der Waals surface area contributed by atoms with Gasteiger partial charge in [0.15, 0.2) is 0 Å². The quantitative estimate of drug-likeness (QED) is 0.738. The lowest BCUT2D eigenvalue weighted by Crippen LogP contribution is -2.10. The summed E-state index contributed by atoms with van der Waals surface area (Å²) in [5, 5.41) is 4.42. The molecule has 0 atom stereocenters. The van der Waals surface area contributed by atoms with Crippen molar-refractivity contribution >= 4 is 34.7 Å². The summed E-state index contributed by atoms with van der Waals surface area (Å²) in [6.45, 7) is 0. The molecule has 60 valence electrons. The van der Waals surface area contributed by atoms with Gasteiger partial charge in [0, 0.05) is 17.7 Å². The Bertz CT molecular complexity index is 224. The van der Waals surface area contributed by atoms with Gasteiger partial charge in [-0.05, 0) is 11.5 Å². The highest BCUT2D eigenvalue weighted by molar-refractivity contribution is 7.04. The average Bonchev–Trinajstić information content (AvgIpc) is 2.40. The number of rotatable bonds is 3. The molecule has 0 radical (unpaired) electrons. The summed E-state index contributed by atoms with van der Waals surface area (Å²) in [5.74, 6) is 0.281. The fourth-order valence-corrected chi connectivity index (χ4v) is 1.22. The maximum absolute atomic E-state index is 10.9. The fraction of sp³-hybridized carbons (Fsp3) is 0.333. The van der Waals surface area contributed by atoms with Gasteiger partial charge in [0.1, 0.15) is 0 Å². The zero-order chi connectivity index (χ0) is 8.10. The molecule has 0 saturated heterocycles. The van der Waals surface area contributed by atoms with E-state index in [1.54, 1.807) is 11.6 Å². The van der Waals surface area contributed by atoms with E-state index in [9.17, 15) is 4.79 Å². The molecular weight excluding hydrogens is 184 g/mol. The summed E-state index contributed by atoms with van der Waals surface area (Å²) in [6.07, 6.45) is 1.95. The highest BCUT2D eigenvalue weighted by atomic mass is 35.5. The van der Waals surface area contributed by atoms with Crippen molar-refractivity contribution in [3.63, 3.8) is 0 Å². The van der Waals surface area contributed by atoms with Crippen LogP contribution in [-0.4, -0.2) is 16.2 Å². The van der Waals surface area contributed by atoms with Crippen LogP contribution in [0.5, 0.6) is 0 Å². The van der Waals surface area contributed by atoms with E-state index in [0.717, 1.165) is 5.69 Å². The fourth-order valence-electron chi connectivity index (χ4n) is 0.576. The number of hydrogen-bond donors (Lipinski definition) is 1. The van der Waals surface area contributed by atoms with E-state index < -0.39 is 0 Å². The molecule has 1 amide bonds. The largest absolute Gasteiger partial charge is 0.324 e. The molecule has 0 aliphatic heterocycles. The topological polar surface area (TPSA) is 42.0 Å². The van der Waals surface area contributed by atoms with Gasteiger partial charge in [-0.2, -0.15) is 4.37 Å². The zero-order valence-electron chi connectivity index (χ0n) is 5.71. The van der Waals surface area contributed by atoms with E-state index in [0.29, 0.717) is 12.3 Å². The van der Waals surface area contributed by atoms with Crippen molar-refractivity contribution < 1.29 is 4.79 Å². The first kappa shape index (κ1) is 8.49. The van der Waals surface area contributed by atoms with Crippen molar-refractivity contribution in [1.29, 1.82) is 0 Å². The Morgan fingerprint density at radius 3 is 3.18 bits per heavy atom. The molecule has 0 aromatic carbocycles. The van der Waals surface area contributed by atoms with Gasteiger partial charge in [0.2, 0.25) is 5.91 Å². The Balaban J connectivity index is 2.37. The summed E-state index contributed by atoms with van der Waals surface area (Å²) in [4.78, 5) is 10.9. The van der Waals surface area contributed by atoms with Gasteiger partial charge in [0.05, 0.1) is 11.9 Å². The van der Waals surface area contributed by atoms with Crippen LogP contribution in [0.1, 0.15) is 6.42 Å². The molecule has 1 rings (SSSR count). The van der Waals surface area contributed by atoms with Gasteiger partial charge in [-0.25, -0.2) is 0 Å². The van der Waals surface area contributed by atoms with Gasteiger partial charge < -0.3 is 5.32 Å². The number of nitrogens with one attached hydrogen (secondary N) is 1. The van der Waals surface area contributed by atoms with Crippen LogP contribution < -0.4 is 5.32 Å². The van der Waals surface area contributed by atoms with Crippen molar-refractivity contribution in [3.8, 4) is 0 Å². The van der Waals surface area contributed by atoms with Gasteiger partial charge in [0.25, 0.3) is 0 Å². The van der Waals surface area contributed by atoms with Crippen LogP contribution in [0, 0.1) is 0 Å². The first-order valence-corrected chi connectivity index (χ1v) is 4.45. The first-order valence-electron chi connectivity index (χ1n) is 3.08. The number of carbonyl (C=O) groups is 1. The summed E-state index contributed by atoms with van der Waals surface area (Å²) < 4.78 is 3.83. The summed E-state index contributed by atoms with van der Waals surface area (Å²) in [6, 6.07) is 0. The van der Waals surface area contributed by atoms with Crippen LogP contribution in [0.25, 0.3) is 0 Å². The van der Waals surface area contributed by atoms with Crippen LogP contribution in [0.3, 0.4) is 0 Å². The molecule has 0 unspecified atom stereocenters. The number of hydrogen-bond acceptors (Lipinski definition) is 3. The molecule has 1 aromatic rings.